The van der Waals surface area contributed by atoms with E-state index < -0.39 is 18.0 Å². The van der Waals surface area contributed by atoms with Crippen molar-refractivity contribution in [2.75, 3.05) is 23.5 Å². The number of benzene rings is 3. The Morgan fingerprint density at radius 3 is 2.61 bits per heavy atom. The van der Waals surface area contributed by atoms with Gasteiger partial charge in [0, 0.05) is 16.1 Å². The van der Waals surface area contributed by atoms with Crippen molar-refractivity contribution in [3.63, 3.8) is 0 Å². The lowest BCUT2D eigenvalue weighted by atomic mass is 10.1. The summed E-state index contributed by atoms with van der Waals surface area (Å²) in [4.78, 5) is 38.6. The summed E-state index contributed by atoms with van der Waals surface area (Å²) in [7, 11) is 1.50. The molecule has 0 aliphatic carbocycles. The lowest BCUT2D eigenvalue weighted by Crippen LogP contribution is -2.26. The zero-order valence-corrected chi connectivity index (χ0v) is 19.0. The van der Waals surface area contributed by atoms with Gasteiger partial charge in [0.1, 0.15) is 5.75 Å². The van der Waals surface area contributed by atoms with E-state index in [1.165, 1.54) is 18.9 Å². The van der Waals surface area contributed by atoms with Gasteiger partial charge in [0.05, 0.1) is 29.1 Å². The number of fused-ring (bicyclic) bond motifs is 1. The van der Waals surface area contributed by atoms with Crippen molar-refractivity contribution in [2.45, 2.75) is 11.0 Å². The predicted octanol–water partition coefficient (Wildman–Crippen LogP) is 4.93. The van der Waals surface area contributed by atoms with Crippen LogP contribution in [0.25, 0.3) is 0 Å². The number of carbonyl (C=O) groups excluding carboxylic acids is 3. The molecule has 0 saturated heterocycles. The van der Waals surface area contributed by atoms with E-state index in [-0.39, 0.29) is 11.5 Å². The Hall–Kier alpha value is -3.49. The first-order chi connectivity index (χ1) is 15.9. The zero-order chi connectivity index (χ0) is 23.4. The average molecular weight is 483 g/mol. The molecule has 1 atom stereocenters. The second-order valence-corrected chi connectivity index (χ2v) is 8.51. The molecular formula is C24H19ClN2O5S. The number of hydrogen-bond donors (Lipinski definition) is 2. The molecule has 9 heteroatoms. The van der Waals surface area contributed by atoms with Gasteiger partial charge in [-0.3, -0.25) is 9.59 Å². The van der Waals surface area contributed by atoms with Crippen LogP contribution in [0.1, 0.15) is 22.0 Å². The number of carbonyl (C=O) groups is 3. The molecule has 4 rings (SSSR count). The Kier molecular flexibility index (Phi) is 6.86. The molecule has 1 aliphatic rings. The SMILES string of the molecule is COc1ccc(NC(=O)C(OC(=O)c2ccc3c(c2)NC(=O)CS3)c2ccccc2)cc1Cl. The van der Waals surface area contributed by atoms with Crippen LogP contribution in [0.15, 0.2) is 71.6 Å². The van der Waals surface area contributed by atoms with Gasteiger partial charge < -0.3 is 20.1 Å². The van der Waals surface area contributed by atoms with E-state index in [2.05, 4.69) is 10.6 Å². The minimum absolute atomic E-state index is 0.141. The maximum Gasteiger partial charge on any atom is 0.339 e. The molecule has 7 nitrogen and oxygen atoms in total. The number of nitrogens with one attached hydrogen (secondary N) is 2. The van der Waals surface area contributed by atoms with Crippen molar-refractivity contribution in [2.24, 2.45) is 0 Å². The van der Waals surface area contributed by atoms with E-state index in [0.717, 1.165) is 4.90 Å². The summed E-state index contributed by atoms with van der Waals surface area (Å²) in [5.74, 6) is -0.587. The number of rotatable bonds is 6. The molecule has 0 saturated carbocycles. The molecule has 1 unspecified atom stereocenters. The predicted molar refractivity (Wildman–Crippen MR) is 127 cm³/mol. The van der Waals surface area contributed by atoms with E-state index in [0.29, 0.717) is 33.5 Å². The van der Waals surface area contributed by atoms with E-state index >= 15 is 0 Å². The molecule has 0 spiro atoms. The van der Waals surface area contributed by atoms with Gasteiger partial charge in [-0.15, -0.1) is 11.8 Å². The maximum atomic E-state index is 13.1. The molecule has 3 aromatic rings. The molecule has 0 radical (unpaired) electrons. The number of amides is 2. The normalized spacial score (nSPS) is 13.3. The Morgan fingerprint density at radius 1 is 1.09 bits per heavy atom. The summed E-state index contributed by atoms with van der Waals surface area (Å²) in [5.41, 5.74) is 1.69. The van der Waals surface area contributed by atoms with Crippen molar-refractivity contribution in [1.82, 2.24) is 0 Å². The van der Waals surface area contributed by atoms with Crippen LogP contribution < -0.4 is 15.4 Å². The van der Waals surface area contributed by atoms with Gasteiger partial charge in [0.15, 0.2) is 0 Å². The van der Waals surface area contributed by atoms with E-state index in [4.69, 9.17) is 21.1 Å². The van der Waals surface area contributed by atoms with Crippen LogP contribution in [0.3, 0.4) is 0 Å². The van der Waals surface area contributed by atoms with E-state index in [1.807, 2.05) is 0 Å². The number of ether oxygens (including phenoxy) is 2. The lowest BCUT2D eigenvalue weighted by Gasteiger charge is -2.20. The Labute approximate surface area is 199 Å². The number of esters is 1. The summed E-state index contributed by atoms with van der Waals surface area (Å²) in [6, 6.07) is 18.4. The standard InChI is InChI=1S/C24H19ClN2O5S/c1-31-19-9-8-16(12-17(19)25)26-23(29)22(14-5-3-2-4-6-14)32-24(30)15-7-10-20-18(11-15)27-21(28)13-33-20/h2-12,22H,13H2,1H3,(H,26,29)(H,27,28). The number of methoxy groups -OCH3 is 1. The number of thioether (sulfide) groups is 1. The summed E-state index contributed by atoms with van der Waals surface area (Å²) in [6.07, 6.45) is -1.21. The fourth-order valence-corrected chi connectivity index (χ4v) is 4.28. The molecule has 0 bridgehead atoms. The minimum Gasteiger partial charge on any atom is -0.495 e. The third kappa shape index (κ3) is 5.30. The van der Waals surface area contributed by atoms with Crippen molar-refractivity contribution in [1.29, 1.82) is 0 Å². The number of anilines is 2. The molecule has 0 fully saturated rings. The quantitative estimate of drug-likeness (QED) is 0.484. The van der Waals surface area contributed by atoms with Crippen LogP contribution in [-0.2, 0) is 14.3 Å². The third-order valence-electron chi connectivity index (χ3n) is 4.83. The van der Waals surface area contributed by atoms with Gasteiger partial charge in [0.25, 0.3) is 5.91 Å². The fraction of sp³-hybridized carbons (Fsp3) is 0.125. The number of halogens is 1. The van der Waals surface area contributed by atoms with Crippen LogP contribution in [0, 0.1) is 0 Å². The number of hydrogen-bond acceptors (Lipinski definition) is 6. The average Bonchev–Trinajstić information content (AvgIpc) is 2.82. The monoisotopic (exact) mass is 482 g/mol. The molecule has 33 heavy (non-hydrogen) atoms. The van der Waals surface area contributed by atoms with Crippen LogP contribution >= 0.6 is 23.4 Å². The van der Waals surface area contributed by atoms with Crippen molar-refractivity contribution in [3.05, 3.63) is 82.9 Å². The van der Waals surface area contributed by atoms with Crippen molar-refractivity contribution in [3.8, 4) is 5.75 Å². The summed E-state index contributed by atoms with van der Waals surface area (Å²) in [5, 5.41) is 5.80. The highest BCUT2D eigenvalue weighted by Gasteiger charge is 2.27. The lowest BCUT2D eigenvalue weighted by molar-refractivity contribution is -0.125. The molecule has 3 aromatic carbocycles. The van der Waals surface area contributed by atoms with Crippen LogP contribution in [0.5, 0.6) is 5.75 Å². The first-order valence-electron chi connectivity index (χ1n) is 9.91. The molecule has 1 aliphatic heterocycles. The van der Waals surface area contributed by atoms with E-state index in [1.54, 1.807) is 66.7 Å². The van der Waals surface area contributed by atoms with Gasteiger partial charge in [-0.2, -0.15) is 0 Å². The fourth-order valence-electron chi connectivity index (χ4n) is 3.24. The second-order valence-electron chi connectivity index (χ2n) is 7.08. The van der Waals surface area contributed by atoms with Crippen LogP contribution in [0.4, 0.5) is 11.4 Å². The topological polar surface area (TPSA) is 93.7 Å². The zero-order valence-electron chi connectivity index (χ0n) is 17.5. The van der Waals surface area contributed by atoms with Crippen molar-refractivity contribution >= 4 is 52.5 Å². The molecule has 1 heterocycles. The second kappa shape index (κ2) is 9.97. The van der Waals surface area contributed by atoms with E-state index in [9.17, 15) is 14.4 Å². The van der Waals surface area contributed by atoms with Gasteiger partial charge in [0.2, 0.25) is 12.0 Å². The summed E-state index contributed by atoms with van der Waals surface area (Å²) >= 11 is 7.54. The van der Waals surface area contributed by atoms with Gasteiger partial charge in [-0.1, -0.05) is 41.9 Å². The summed E-state index contributed by atoms with van der Waals surface area (Å²) in [6.45, 7) is 0. The first kappa shape index (κ1) is 22.7. The highest BCUT2D eigenvalue weighted by molar-refractivity contribution is 8.00. The highest BCUT2D eigenvalue weighted by atomic mass is 35.5. The molecular weight excluding hydrogens is 464 g/mol. The Bertz CT molecular complexity index is 1220. The Balaban J connectivity index is 1.57. The van der Waals surface area contributed by atoms with Gasteiger partial charge >= 0.3 is 5.97 Å². The highest BCUT2D eigenvalue weighted by Crippen LogP contribution is 2.33. The third-order valence-corrected chi connectivity index (χ3v) is 6.20. The van der Waals surface area contributed by atoms with Crippen LogP contribution in [-0.4, -0.2) is 30.6 Å². The van der Waals surface area contributed by atoms with Gasteiger partial charge in [-0.05, 0) is 36.4 Å². The maximum absolute atomic E-state index is 13.1. The smallest absolute Gasteiger partial charge is 0.339 e. The molecule has 168 valence electrons. The van der Waals surface area contributed by atoms with Crippen LogP contribution in [0.2, 0.25) is 5.02 Å². The molecule has 2 amide bonds. The largest absolute Gasteiger partial charge is 0.495 e. The molecule has 2 N–H and O–H groups in total. The first-order valence-corrected chi connectivity index (χ1v) is 11.3. The summed E-state index contributed by atoms with van der Waals surface area (Å²) < 4.78 is 10.7. The Morgan fingerprint density at radius 2 is 1.88 bits per heavy atom. The van der Waals surface area contributed by atoms with Crippen molar-refractivity contribution < 1.29 is 23.9 Å². The minimum atomic E-state index is -1.21. The van der Waals surface area contributed by atoms with Gasteiger partial charge in [-0.25, -0.2) is 4.79 Å². The molecule has 0 aromatic heterocycles.